The highest BCUT2D eigenvalue weighted by atomic mass is 16.5. The van der Waals surface area contributed by atoms with Crippen molar-refractivity contribution in [2.45, 2.75) is 38.3 Å². The third-order valence-electron chi connectivity index (χ3n) is 2.85. The first-order chi connectivity index (χ1) is 6.57. The second kappa shape index (κ2) is 4.75. The SMILES string of the molecule is CN[C@@H](C)C(=O)NC1(C)CCOCC1. The van der Waals surface area contributed by atoms with E-state index in [0.29, 0.717) is 0 Å². The topological polar surface area (TPSA) is 50.4 Å². The Morgan fingerprint density at radius 1 is 1.43 bits per heavy atom. The zero-order valence-electron chi connectivity index (χ0n) is 9.22. The van der Waals surface area contributed by atoms with Gasteiger partial charge in [-0.05, 0) is 33.7 Å². The van der Waals surface area contributed by atoms with E-state index in [1.807, 2.05) is 6.92 Å². The van der Waals surface area contributed by atoms with Gasteiger partial charge in [0.1, 0.15) is 0 Å². The number of hydrogen-bond acceptors (Lipinski definition) is 3. The number of amides is 1. The van der Waals surface area contributed by atoms with Gasteiger partial charge in [0, 0.05) is 18.8 Å². The van der Waals surface area contributed by atoms with Gasteiger partial charge in [0.15, 0.2) is 0 Å². The first-order valence-electron chi connectivity index (χ1n) is 5.14. The summed E-state index contributed by atoms with van der Waals surface area (Å²) in [5.41, 5.74) is -0.0829. The van der Waals surface area contributed by atoms with Gasteiger partial charge < -0.3 is 15.4 Å². The summed E-state index contributed by atoms with van der Waals surface area (Å²) in [6.07, 6.45) is 1.80. The van der Waals surface area contributed by atoms with Crippen molar-refractivity contribution in [2.75, 3.05) is 20.3 Å². The van der Waals surface area contributed by atoms with Crippen LogP contribution in [0.15, 0.2) is 0 Å². The summed E-state index contributed by atoms with van der Waals surface area (Å²) in [7, 11) is 1.79. The average Bonchev–Trinajstić information content (AvgIpc) is 2.17. The molecule has 1 saturated heterocycles. The monoisotopic (exact) mass is 200 g/mol. The lowest BCUT2D eigenvalue weighted by Crippen LogP contribution is -2.54. The molecule has 1 fully saturated rings. The molecular formula is C10H20N2O2. The molecule has 0 radical (unpaired) electrons. The molecule has 0 spiro atoms. The van der Waals surface area contributed by atoms with E-state index in [0.717, 1.165) is 26.1 Å². The van der Waals surface area contributed by atoms with Crippen LogP contribution in [0.4, 0.5) is 0 Å². The van der Waals surface area contributed by atoms with E-state index >= 15 is 0 Å². The maximum atomic E-state index is 11.6. The number of ether oxygens (including phenoxy) is 1. The van der Waals surface area contributed by atoms with E-state index in [2.05, 4.69) is 17.6 Å². The minimum Gasteiger partial charge on any atom is -0.381 e. The Kier molecular flexibility index (Phi) is 3.89. The molecule has 1 aliphatic rings. The van der Waals surface area contributed by atoms with Gasteiger partial charge in [-0.15, -0.1) is 0 Å². The van der Waals surface area contributed by atoms with Crippen LogP contribution >= 0.6 is 0 Å². The number of hydrogen-bond donors (Lipinski definition) is 2. The van der Waals surface area contributed by atoms with Gasteiger partial charge in [-0.1, -0.05) is 0 Å². The lowest BCUT2D eigenvalue weighted by molar-refractivity contribution is -0.125. The molecule has 1 aliphatic heterocycles. The van der Waals surface area contributed by atoms with Crippen molar-refractivity contribution in [3.8, 4) is 0 Å². The third-order valence-corrected chi connectivity index (χ3v) is 2.85. The van der Waals surface area contributed by atoms with Gasteiger partial charge in [0.05, 0.1) is 6.04 Å². The molecule has 82 valence electrons. The van der Waals surface area contributed by atoms with E-state index in [1.54, 1.807) is 7.05 Å². The van der Waals surface area contributed by atoms with Crippen LogP contribution in [0.2, 0.25) is 0 Å². The molecule has 0 saturated carbocycles. The molecule has 1 rings (SSSR count). The molecule has 2 N–H and O–H groups in total. The Hall–Kier alpha value is -0.610. The molecule has 0 aromatic carbocycles. The molecule has 14 heavy (non-hydrogen) atoms. The smallest absolute Gasteiger partial charge is 0.237 e. The minimum atomic E-state index is -0.130. The summed E-state index contributed by atoms with van der Waals surface area (Å²) in [5, 5.41) is 5.99. The van der Waals surface area contributed by atoms with Gasteiger partial charge in [0.25, 0.3) is 0 Å². The fourth-order valence-corrected chi connectivity index (χ4v) is 1.48. The fourth-order valence-electron chi connectivity index (χ4n) is 1.48. The van der Waals surface area contributed by atoms with Crippen molar-refractivity contribution in [3.63, 3.8) is 0 Å². The number of rotatable bonds is 3. The molecule has 0 aliphatic carbocycles. The number of carbonyl (C=O) groups is 1. The standard InChI is InChI=1S/C10H20N2O2/c1-8(11-3)9(13)12-10(2)4-6-14-7-5-10/h8,11H,4-7H2,1-3H3,(H,12,13)/t8-/m0/s1. The molecule has 4 nitrogen and oxygen atoms in total. The van der Waals surface area contributed by atoms with Crippen LogP contribution in [0, 0.1) is 0 Å². The number of likely N-dealkylation sites (N-methyl/N-ethyl adjacent to an activating group) is 1. The number of carbonyl (C=O) groups excluding carboxylic acids is 1. The van der Waals surface area contributed by atoms with Crippen LogP contribution < -0.4 is 10.6 Å². The summed E-state index contributed by atoms with van der Waals surface area (Å²) < 4.78 is 5.27. The summed E-state index contributed by atoms with van der Waals surface area (Å²) in [4.78, 5) is 11.6. The molecule has 4 heteroatoms. The maximum Gasteiger partial charge on any atom is 0.237 e. The van der Waals surface area contributed by atoms with Gasteiger partial charge >= 0.3 is 0 Å². The molecule has 1 amide bonds. The zero-order chi connectivity index (χ0) is 10.6. The normalized spacial score (nSPS) is 22.8. The van der Waals surface area contributed by atoms with Crippen molar-refractivity contribution in [3.05, 3.63) is 0 Å². The quantitative estimate of drug-likeness (QED) is 0.688. The Labute approximate surface area is 85.4 Å². The van der Waals surface area contributed by atoms with Crippen LogP contribution in [0.3, 0.4) is 0 Å². The Bertz CT molecular complexity index is 200. The van der Waals surface area contributed by atoms with Crippen molar-refractivity contribution in [1.82, 2.24) is 10.6 Å². The predicted octanol–water partition coefficient (Wildman–Crippen LogP) is 0.280. The van der Waals surface area contributed by atoms with Gasteiger partial charge in [-0.25, -0.2) is 0 Å². The second-order valence-corrected chi connectivity index (χ2v) is 4.17. The summed E-state index contributed by atoms with van der Waals surface area (Å²) in [5.74, 6) is 0.0666. The zero-order valence-corrected chi connectivity index (χ0v) is 9.22. The van der Waals surface area contributed by atoms with Gasteiger partial charge in [0.2, 0.25) is 5.91 Å². The van der Waals surface area contributed by atoms with Gasteiger partial charge in [-0.3, -0.25) is 4.79 Å². The Morgan fingerprint density at radius 2 is 2.00 bits per heavy atom. The Balaban J connectivity index is 2.44. The van der Waals surface area contributed by atoms with Crippen LogP contribution in [-0.4, -0.2) is 37.7 Å². The van der Waals surface area contributed by atoms with Crippen LogP contribution in [0.5, 0.6) is 0 Å². The lowest BCUT2D eigenvalue weighted by Gasteiger charge is -2.35. The van der Waals surface area contributed by atoms with E-state index in [4.69, 9.17) is 4.74 Å². The predicted molar refractivity (Wildman–Crippen MR) is 55.1 cm³/mol. The fraction of sp³-hybridized carbons (Fsp3) is 0.900. The highest BCUT2D eigenvalue weighted by molar-refractivity contribution is 5.81. The summed E-state index contributed by atoms with van der Waals surface area (Å²) in [6.45, 7) is 5.42. The van der Waals surface area contributed by atoms with E-state index in [9.17, 15) is 4.79 Å². The van der Waals surface area contributed by atoms with Crippen LogP contribution in [0.1, 0.15) is 26.7 Å². The van der Waals surface area contributed by atoms with E-state index in [-0.39, 0.29) is 17.5 Å². The summed E-state index contributed by atoms with van der Waals surface area (Å²) >= 11 is 0. The highest BCUT2D eigenvalue weighted by Crippen LogP contribution is 2.19. The van der Waals surface area contributed by atoms with Crippen molar-refractivity contribution in [2.24, 2.45) is 0 Å². The van der Waals surface area contributed by atoms with Gasteiger partial charge in [-0.2, -0.15) is 0 Å². The molecule has 0 bridgehead atoms. The lowest BCUT2D eigenvalue weighted by atomic mass is 9.92. The largest absolute Gasteiger partial charge is 0.381 e. The van der Waals surface area contributed by atoms with Crippen molar-refractivity contribution >= 4 is 5.91 Å². The van der Waals surface area contributed by atoms with E-state index < -0.39 is 0 Å². The van der Waals surface area contributed by atoms with Crippen LogP contribution in [0.25, 0.3) is 0 Å². The van der Waals surface area contributed by atoms with Crippen molar-refractivity contribution < 1.29 is 9.53 Å². The minimum absolute atomic E-state index is 0.0666. The molecule has 1 atom stereocenters. The maximum absolute atomic E-state index is 11.6. The molecule has 0 unspecified atom stereocenters. The molecule has 0 aromatic heterocycles. The first-order valence-corrected chi connectivity index (χ1v) is 5.14. The third kappa shape index (κ3) is 2.96. The second-order valence-electron chi connectivity index (χ2n) is 4.17. The summed E-state index contributed by atoms with van der Waals surface area (Å²) in [6, 6.07) is -0.130. The number of nitrogens with one attached hydrogen (secondary N) is 2. The van der Waals surface area contributed by atoms with Crippen molar-refractivity contribution in [1.29, 1.82) is 0 Å². The molecular weight excluding hydrogens is 180 g/mol. The average molecular weight is 200 g/mol. The first kappa shape index (κ1) is 11.5. The highest BCUT2D eigenvalue weighted by Gasteiger charge is 2.29. The van der Waals surface area contributed by atoms with Crippen LogP contribution in [-0.2, 0) is 9.53 Å². The molecule has 0 aromatic rings. The Morgan fingerprint density at radius 3 is 2.50 bits per heavy atom. The molecule has 1 heterocycles. The van der Waals surface area contributed by atoms with E-state index in [1.165, 1.54) is 0 Å².